The van der Waals surface area contributed by atoms with E-state index in [0.29, 0.717) is 0 Å². The minimum absolute atomic E-state index is 0.875. The molecule has 15 heavy (non-hydrogen) atoms. The Hall–Kier alpha value is -1.18. The minimum Gasteiger partial charge on any atom is -0.397 e. The standard InChI is InChI=1S/C13H22N2/c1-4-5-6-9-15(3)13-10-11(2)7-8-12(13)14/h7-8,10H,4-6,9,14H2,1-3H3. The Bertz CT molecular complexity index is 307. The lowest BCUT2D eigenvalue weighted by molar-refractivity contribution is 0.705. The van der Waals surface area contributed by atoms with Crippen molar-refractivity contribution in [1.82, 2.24) is 0 Å². The first-order valence-corrected chi connectivity index (χ1v) is 5.72. The fourth-order valence-corrected chi connectivity index (χ4v) is 1.70. The summed E-state index contributed by atoms with van der Waals surface area (Å²) in [7, 11) is 2.11. The molecule has 0 saturated heterocycles. The molecule has 0 bridgehead atoms. The quantitative estimate of drug-likeness (QED) is 0.592. The Kier molecular flexibility index (Phi) is 4.47. The lowest BCUT2D eigenvalue weighted by Crippen LogP contribution is -2.19. The molecule has 0 radical (unpaired) electrons. The molecule has 1 rings (SSSR count). The van der Waals surface area contributed by atoms with E-state index in [2.05, 4.69) is 37.9 Å². The monoisotopic (exact) mass is 206 g/mol. The molecule has 0 heterocycles. The molecule has 1 aromatic rings. The first-order valence-electron chi connectivity index (χ1n) is 5.72. The van der Waals surface area contributed by atoms with Gasteiger partial charge in [0.25, 0.3) is 0 Å². The van der Waals surface area contributed by atoms with Crippen molar-refractivity contribution in [3.05, 3.63) is 23.8 Å². The highest BCUT2D eigenvalue weighted by Crippen LogP contribution is 2.23. The van der Waals surface area contributed by atoms with E-state index in [9.17, 15) is 0 Å². The van der Waals surface area contributed by atoms with Gasteiger partial charge in [-0.15, -0.1) is 0 Å². The molecule has 0 aliphatic rings. The van der Waals surface area contributed by atoms with Crippen LogP contribution in [0.25, 0.3) is 0 Å². The van der Waals surface area contributed by atoms with Crippen molar-refractivity contribution >= 4 is 11.4 Å². The maximum absolute atomic E-state index is 5.95. The zero-order valence-corrected chi connectivity index (χ0v) is 10.1. The summed E-state index contributed by atoms with van der Waals surface area (Å²) in [5.74, 6) is 0. The maximum Gasteiger partial charge on any atom is 0.0599 e. The van der Waals surface area contributed by atoms with Gasteiger partial charge in [0.05, 0.1) is 11.4 Å². The summed E-state index contributed by atoms with van der Waals surface area (Å²) in [6.07, 6.45) is 3.79. The molecular formula is C13H22N2. The smallest absolute Gasteiger partial charge is 0.0599 e. The summed E-state index contributed by atoms with van der Waals surface area (Å²) in [6.45, 7) is 5.41. The lowest BCUT2D eigenvalue weighted by Gasteiger charge is -2.21. The Morgan fingerprint density at radius 3 is 2.67 bits per heavy atom. The van der Waals surface area contributed by atoms with Gasteiger partial charge in [-0.05, 0) is 31.0 Å². The third-order valence-corrected chi connectivity index (χ3v) is 2.69. The van der Waals surface area contributed by atoms with E-state index in [-0.39, 0.29) is 0 Å². The molecule has 0 atom stereocenters. The van der Waals surface area contributed by atoms with Gasteiger partial charge in [0.2, 0.25) is 0 Å². The van der Waals surface area contributed by atoms with E-state index in [4.69, 9.17) is 5.73 Å². The van der Waals surface area contributed by atoms with Gasteiger partial charge in [0.1, 0.15) is 0 Å². The number of nitrogens with zero attached hydrogens (tertiary/aromatic N) is 1. The van der Waals surface area contributed by atoms with Crippen LogP contribution in [0.4, 0.5) is 11.4 Å². The van der Waals surface area contributed by atoms with Crippen molar-refractivity contribution in [2.24, 2.45) is 0 Å². The highest BCUT2D eigenvalue weighted by atomic mass is 15.1. The van der Waals surface area contributed by atoms with Crippen LogP contribution < -0.4 is 10.6 Å². The second kappa shape index (κ2) is 5.64. The van der Waals surface area contributed by atoms with Gasteiger partial charge in [-0.25, -0.2) is 0 Å². The summed E-state index contributed by atoms with van der Waals surface area (Å²) < 4.78 is 0. The van der Waals surface area contributed by atoms with E-state index in [1.165, 1.54) is 24.8 Å². The predicted molar refractivity (Wildman–Crippen MR) is 68.4 cm³/mol. The molecule has 2 nitrogen and oxygen atoms in total. The first-order chi connectivity index (χ1) is 7.15. The number of hydrogen-bond donors (Lipinski definition) is 1. The van der Waals surface area contributed by atoms with Crippen LogP contribution in [0.2, 0.25) is 0 Å². The maximum atomic E-state index is 5.95. The number of hydrogen-bond acceptors (Lipinski definition) is 2. The fourth-order valence-electron chi connectivity index (χ4n) is 1.70. The number of rotatable bonds is 5. The van der Waals surface area contributed by atoms with E-state index >= 15 is 0 Å². The average molecular weight is 206 g/mol. The molecule has 2 heteroatoms. The van der Waals surface area contributed by atoms with Crippen LogP contribution in [0.5, 0.6) is 0 Å². The van der Waals surface area contributed by atoms with Crippen LogP contribution in [0, 0.1) is 6.92 Å². The van der Waals surface area contributed by atoms with Crippen molar-refractivity contribution in [2.75, 3.05) is 24.2 Å². The van der Waals surface area contributed by atoms with Gasteiger partial charge >= 0.3 is 0 Å². The minimum atomic E-state index is 0.875. The molecule has 0 spiro atoms. The summed E-state index contributed by atoms with van der Waals surface area (Å²) in [5.41, 5.74) is 9.25. The number of anilines is 2. The molecular weight excluding hydrogens is 184 g/mol. The van der Waals surface area contributed by atoms with Crippen LogP contribution in [0.1, 0.15) is 31.7 Å². The Balaban J connectivity index is 2.64. The fraction of sp³-hybridized carbons (Fsp3) is 0.538. The third kappa shape index (κ3) is 3.46. The number of nitrogen functional groups attached to an aromatic ring is 1. The van der Waals surface area contributed by atoms with Crippen LogP contribution >= 0.6 is 0 Å². The number of benzene rings is 1. The van der Waals surface area contributed by atoms with Gasteiger partial charge in [0, 0.05) is 13.6 Å². The van der Waals surface area contributed by atoms with Crippen molar-refractivity contribution < 1.29 is 0 Å². The Morgan fingerprint density at radius 1 is 1.27 bits per heavy atom. The van der Waals surface area contributed by atoms with Gasteiger partial charge in [-0.1, -0.05) is 25.8 Å². The predicted octanol–water partition coefficient (Wildman–Crippen LogP) is 3.20. The topological polar surface area (TPSA) is 29.3 Å². The summed E-state index contributed by atoms with van der Waals surface area (Å²) in [6, 6.07) is 6.20. The average Bonchev–Trinajstić information content (AvgIpc) is 2.22. The molecule has 0 amide bonds. The molecule has 0 fully saturated rings. The normalized spacial score (nSPS) is 10.3. The van der Waals surface area contributed by atoms with Crippen molar-refractivity contribution in [1.29, 1.82) is 0 Å². The molecule has 84 valence electrons. The largest absolute Gasteiger partial charge is 0.397 e. The zero-order valence-electron chi connectivity index (χ0n) is 10.1. The van der Waals surface area contributed by atoms with E-state index < -0.39 is 0 Å². The second-order valence-corrected chi connectivity index (χ2v) is 4.19. The molecule has 0 saturated carbocycles. The molecule has 2 N–H and O–H groups in total. The highest BCUT2D eigenvalue weighted by molar-refractivity contribution is 5.68. The summed E-state index contributed by atoms with van der Waals surface area (Å²) in [4.78, 5) is 2.25. The molecule has 0 aliphatic heterocycles. The van der Waals surface area contributed by atoms with E-state index in [1.54, 1.807) is 0 Å². The van der Waals surface area contributed by atoms with Crippen LogP contribution in [0.3, 0.4) is 0 Å². The van der Waals surface area contributed by atoms with Gasteiger partial charge in [0.15, 0.2) is 0 Å². The van der Waals surface area contributed by atoms with Gasteiger partial charge < -0.3 is 10.6 Å². The molecule has 0 aromatic heterocycles. The van der Waals surface area contributed by atoms with Crippen LogP contribution in [0.15, 0.2) is 18.2 Å². The van der Waals surface area contributed by atoms with E-state index in [1.807, 2.05) is 6.07 Å². The summed E-state index contributed by atoms with van der Waals surface area (Å²) >= 11 is 0. The number of aryl methyl sites for hydroxylation is 1. The van der Waals surface area contributed by atoms with Gasteiger partial charge in [-0.2, -0.15) is 0 Å². The van der Waals surface area contributed by atoms with Crippen molar-refractivity contribution in [3.8, 4) is 0 Å². The van der Waals surface area contributed by atoms with Crippen molar-refractivity contribution in [3.63, 3.8) is 0 Å². The zero-order chi connectivity index (χ0) is 11.3. The molecule has 1 aromatic carbocycles. The SMILES string of the molecule is CCCCCN(C)c1cc(C)ccc1N. The number of nitrogens with two attached hydrogens (primary N) is 1. The lowest BCUT2D eigenvalue weighted by atomic mass is 10.1. The van der Waals surface area contributed by atoms with Crippen LogP contribution in [-0.2, 0) is 0 Å². The third-order valence-electron chi connectivity index (χ3n) is 2.69. The highest BCUT2D eigenvalue weighted by Gasteiger charge is 2.04. The molecule has 0 unspecified atom stereocenters. The van der Waals surface area contributed by atoms with E-state index in [0.717, 1.165) is 17.9 Å². The van der Waals surface area contributed by atoms with Crippen molar-refractivity contribution in [2.45, 2.75) is 33.1 Å². The van der Waals surface area contributed by atoms with Gasteiger partial charge in [-0.3, -0.25) is 0 Å². The summed E-state index contributed by atoms with van der Waals surface area (Å²) in [5, 5.41) is 0. The van der Waals surface area contributed by atoms with Crippen LogP contribution in [-0.4, -0.2) is 13.6 Å². The first kappa shape index (κ1) is 11.9. The Labute approximate surface area is 93.1 Å². The number of unbranched alkanes of at least 4 members (excludes halogenated alkanes) is 2. The second-order valence-electron chi connectivity index (χ2n) is 4.19. The molecule has 0 aliphatic carbocycles. The Morgan fingerprint density at radius 2 is 2.00 bits per heavy atom.